The van der Waals surface area contributed by atoms with Crippen LogP contribution in [0.5, 0.6) is 0 Å². The molecular formula is C16H24O. The first-order chi connectivity index (χ1) is 8.06. The van der Waals surface area contributed by atoms with E-state index in [1.807, 2.05) is 39.0 Å². The van der Waals surface area contributed by atoms with Gasteiger partial charge in [0.25, 0.3) is 0 Å². The molecule has 0 fully saturated rings. The molecule has 1 aromatic rings. The predicted molar refractivity (Wildman–Crippen MR) is 77.2 cm³/mol. The summed E-state index contributed by atoms with van der Waals surface area (Å²) in [5, 5.41) is 0. The van der Waals surface area contributed by atoms with Crippen LogP contribution in [-0.2, 0) is 4.79 Å². The van der Waals surface area contributed by atoms with Crippen molar-refractivity contribution < 1.29 is 4.79 Å². The van der Waals surface area contributed by atoms with Gasteiger partial charge in [-0.15, -0.1) is 0 Å². The summed E-state index contributed by atoms with van der Waals surface area (Å²) in [5.41, 5.74) is 2.21. The highest BCUT2D eigenvalue weighted by Gasteiger charge is 1.92. The highest BCUT2D eigenvalue weighted by Crippen LogP contribution is 1.95. The van der Waals surface area contributed by atoms with Crippen LogP contribution in [0.1, 0.15) is 32.8 Å². The molecular weight excluding hydrogens is 208 g/mol. The van der Waals surface area contributed by atoms with Crippen LogP contribution in [0.15, 0.2) is 55.1 Å². The van der Waals surface area contributed by atoms with Crippen molar-refractivity contribution in [2.75, 3.05) is 0 Å². The zero-order valence-electron chi connectivity index (χ0n) is 11.5. The summed E-state index contributed by atoms with van der Waals surface area (Å²) in [6.45, 7) is 14.8. The zero-order valence-corrected chi connectivity index (χ0v) is 11.5. The summed E-state index contributed by atoms with van der Waals surface area (Å²) in [7, 11) is 0. The second kappa shape index (κ2) is 12.4. The Kier molecular flexibility index (Phi) is 13.0. The lowest BCUT2D eigenvalue weighted by atomic mass is 10.2. The third kappa shape index (κ3) is 14.4. The largest absolute Gasteiger partial charge is 0.295 e. The third-order valence-electron chi connectivity index (χ3n) is 1.64. The zero-order chi connectivity index (χ0) is 13.7. The number of hydrogen-bond donors (Lipinski definition) is 0. The molecule has 0 spiro atoms. The van der Waals surface area contributed by atoms with Gasteiger partial charge in [-0.3, -0.25) is 4.79 Å². The quantitative estimate of drug-likeness (QED) is 0.544. The summed E-state index contributed by atoms with van der Waals surface area (Å²) >= 11 is 0. The van der Waals surface area contributed by atoms with E-state index in [0.29, 0.717) is 6.42 Å². The molecule has 0 amide bonds. The smallest absolute Gasteiger partial charge is 0.159 e. The predicted octanol–water partition coefficient (Wildman–Crippen LogP) is 4.73. The number of rotatable bonds is 3. The summed E-state index contributed by atoms with van der Waals surface area (Å²) in [6, 6.07) is 10.3. The van der Waals surface area contributed by atoms with E-state index in [1.54, 1.807) is 0 Å². The van der Waals surface area contributed by atoms with Crippen LogP contribution >= 0.6 is 0 Å². The van der Waals surface area contributed by atoms with Gasteiger partial charge in [-0.05, 0) is 19.9 Å². The monoisotopic (exact) mass is 232 g/mol. The Labute approximate surface area is 106 Å². The Balaban J connectivity index is 0. The lowest BCUT2D eigenvalue weighted by Crippen LogP contribution is -1.90. The van der Waals surface area contributed by atoms with Crippen LogP contribution in [0.2, 0.25) is 0 Å². The van der Waals surface area contributed by atoms with E-state index in [2.05, 4.69) is 32.2 Å². The second-order valence-corrected chi connectivity index (χ2v) is 3.46. The van der Waals surface area contributed by atoms with Crippen LogP contribution in [0, 0.1) is 6.92 Å². The molecule has 0 saturated carbocycles. The highest BCUT2D eigenvalue weighted by atomic mass is 16.1. The fourth-order valence-corrected chi connectivity index (χ4v) is 0.904. The van der Waals surface area contributed by atoms with Gasteiger partial charge in [0, 0.05) is 6.42 Å². The molecule has 0 radical (unpaired) electrons. The van der Waals surface area contributed by atoms with E-state index in [4.69, 9.17) is 0 Å². The maximum Gasteiger partial charge on any atom is 0.159 e. The van der Waals surface area contributed by atoms with Crippen LogP contribution in [0.4, 0.5) is 0 Å². The van der Waals surface area contributed by atoms with Crippen molar-refractivity contribution in [2.45, 2.75) is 34.1 Å². The van der Waals surface area contributed by atoms with Crippen LogP contribution in [0.25, 0.3) is 0 Å². The average molecular weight is 232 g/mol. The highest BCUT2D eigenvalue weighted by molar-refractivity contribution is 5.90. The number of carbonyl (C=O) groups is 1. The van der Waals surface area contributed by atoms with Gasteiger partial charge in [-0.2, -0.15) is 0 Å². The van der Waals surface area contributed by atoms with Gasteiger partial charge >= 0.3 is 0 Å². The molecule has 0 unspecified atom stereocenters. The molecule has 0 aliphatic carbocycles. The molecule has 0 aliphatic rings. The molecule has 0 aromatic heterocycles. The van der Waals surface area contributed by atoms with E-state index in [0.717, 1.165) is 5.57 Å². The Hall–Kier alpha value is -1.63. The number of aryl methyl sites for hydroxylation is 1. The van der Waals surface area contributed by atoms with Crippen LogP contribution in [0.3, 0.4) is 0 Å². The molecule has 1 aromatic carbocycles. The maximum absolute atomic E-state index is 10.4. The third-order valence-corrected chi connectivity index (χ3v) is 1.64. The molecule has 0 atom stereocenters. The van der Waals surface area contributed by atoms with Gasteiger partial charge < -0.3 is 0 Å². The minimum absolute atomic E-state index is 0.0394. The van der Waals surface area contributed by atoms with Crippen molar-refractivity contribution in [1.29, 1.82) is 0 Å². The average Bonchev–Trinajstić information content (AvgIpc) is 2.32. The molecule has 0 saturated heterocycles. The first-order valence-corrected chi connectivity index (χ1v) is 5.87. The van der Waals surface area contributed by atoms with Gasteiger partial charge in [0.1, 0.15) is 0 Å². The normalized spacial score (nSPS) is 7.76. The Morgan fingerprint density at radius 2 is 1.71 bits per heavy atom. The number of hydrogen-bond acceptors (Lipinski definition) is 1. The van der Waals surface area contributed by atoms with E-state index in [-0.39, 0.29) is 5.78 Å². The van der Waals surface area contributed by atoms with Crippen molar-refractivity contribution >= 4 is 5.78 Å². The Morgan fingerprint density at radius 3 is 1.88 bits per heavy atom. The fraction of sp³-hybridized carbons (Fsp3) is 0.312. The molecule has 1 heteroatoms. The van der Waals surface area contributed by atoms with E-state index in [9.17, 15) is 4.79 Å². The molecule has 0 aliphatic heterocycles. The minimum atomic E-state index is 0.0394. The lowest BCUT2D eigenvalue weighted by molar-refractivity contribution is -0.113. The maximum atomic E-state index is 10.4. The molecule has 1 nitrogen and oxygen atoms in total. The molecule has 0 heterocycles. The molecule has 94 valence electrons. The number of allylic oxidation sites excluding steroid dienone is 2. The van der Waals surface area contributed by atoms with Crippen molar-refractivity contribution in [2.24, 2.45) is 0 Å². The van der Waals surface area contributed by atoms with Crippen LogP contribution < -0.4 is 0 Å². The van der Waals surface area contributed by atoms with E-state index < -0.39 is 0 Å². The van der Waals surface area contributed by atoms with Crippen molar-refractivity contribution in [3.63, 3.8) is 0 Å². The number of ketones is 1. The number of carbonyl (C=O) groups excluding carboxylic acids is 1. The first kappa shape index (κ1) is 17.8. The summed E-state index contributed by atoms with van der Waals surface area (Å²) in [6.07, 6.45) is 1.75. The Bertz CT molecular complexity index is 323. The SMILES string of the molecule is C=CC(=O)CC(=C)C.CC.Cc1ccccc1. The van der Waals surface area contributed by atoms with Gasteiger partial charge in [0.2, 0.25) is 0 Å². The van der Waals surface area contributed by atoms with Gasteiger partial charge in [0.05, 0.1) is 0 Å². The Morgan fingerprint density at radius 1 is 1.24 bits per heavy atom. The molecule has 0 N–H and O–H groups in total. The first-order valence-electron chi connectivity index (χ1n) is 5.87. The number of benzene rings is 1. The van der Waals surface area contributed by atoms with Gasteiger partial charge in [-0.25, -0.2) is 0 Å². The minimum Gasteiger partial charge on any atom is -0.295 e. The van der Waals surface area contributed by atoms with E-state index in [1.165, 1.54) is 11.6 Å². The van der Waals surface area contributed by atoms with Crippen molar-refractivity contribution in [3.8, 4) is 0 Å². The topological polar surface area (TPSA) is 17.1 Å². The summed E-state index contributed by atoms with van der Waals surface area (Å²) in [4.78, 5) is 10.4. The second-order valence-electron chi connectivity index (χ2n) is 3.46. The summed E-state index contributed by atoms with van der Waals surface area (Å²) in [5.74, 6) is 0.0394. The lowest BCUT2D eigenvalue weighted by Gasteiger charge is -1.89. The molecule has 17 heavy (non-hydrogen) atoms. The molecule has 1 rings (SSSR count). The van der Waals surface area contributed by atoms with Gasteiger partial charge in [-0.1, -0.05) is 68.5 Å². The van der Waals surface area contributed by atoms with Gasteiger partial charge in [0.15, 0.2) is 5.78 Å². The molecule has 0 bridgehead atoms. The van der Waals surface area contributed by atoms with Crippen molar-refractivity contribution in [3.05, 3.63) is 60.7 Å². The standard InChI is InChI=1S/C7H10O.C7H8.C2H6/c1-4-7(8)5-6(2)3;1-7-5-3-2-4-6-7;1-2/h4H,1-2,5H2,3H3;2-6H,1H3;1-2H3. The summed E-state index contributed by atoms with van der Waals surface area (Å²) < 4.78 is 0. The van der Waals surface area contributed by atoms with E-state index >= 15 is 0 Å². The van der Waals surface area contributed by atoms with Crippen LogP contribution in [-0.4, -0.2) is 5.78 Å². The fourth-order valence-electron chi connectivity index (χ4n) is 0.904. The van der Waals surface area contributed by atoms with Crippen molar-refractivity contribution in [1.82, 2.24) is 0 Å².